The highest BCUT2D eigenvalue weighted by Crippen LogP contribution is 2.52. The Bertz CT molecular complexity index is 629. The number of aliphatic hydroxyl groups is 1. The number of aliphatic hydroxyl groups excluding tert-OH is 1. The molecule has 1 fully saturated rings. The van der Waals surface area contributed by atoms with E-state index in [9.17, 15) is 5.11 Å². The van der Waals surface area contributed by atoms with Gasteiger partial charge in [0, 0.05) is 29.2 Å². The number of hydrogen-bond donors (Lipinski definition) is 3. The molecule has 3 N–H and O–H groups in total. The number of aromatic amines is 1. The molecule has 1 aliphatic heterocycles. The van der Waals surface area contributed by atoms with Crippen LogP contribution < -0.4 is 5.32 Å². The van der Waals surface area contributed by atoms with E-state index in [2.05, 4.69) is 34.6 Å². The fraction of sp³-hybridized carbons (Fsp3) is 0.529. The fourth-order valence-corrected chi connectivity index (χ4v) is 4.46. The molecule has 3 heteroatoms. The van der Waals surface area contributed by atoms with Crippen LogP contribution in [0, 0.1) is 5.41 Å². The highest BCUT2D eigenvalue weighted by Gasteiger charge is 2.45. The Morgan fingerprint density at radius 1 is 1.25 bits per heavy atom. The molecule has 0 amide bonds. The predicted octanol–water partition coefficient (Wildman–Crippen LogP) is 2.91. The van der Waals surface area contributed by atoms with E-state index in [0.717, 1.165) is 19.4 Å². The standard InChI is InChI=1S/C17H22N2O/c20-11-9-17-7-3-10-18-16(17)15-12-4-1-2-5-13(12)19-14(15)6-8-17/h1-2,4-5,16,18-20H,3,6-11H2/t16-,17-/m1/s1. The number of H-pyrrole nitrogens is 1. The van der Waals surface area contributed by atoms with Crippen molar-refractivity contribution in [3.8, 4) is 0 Å². The Labute approximate surface area is 119 Å². The average molecular weight is 270 g/mol. The molecule has 1 aromatic carbocycles. The van der Waals surface area contributed by atoms with Crippen molar-refractivity contribution in [2.75, 3.05) is 13.2 Å². The maximum absolute atomic E-state index is 9.53. The number of rotatable bonds is 2. The maximum Gasteiger partial charge on any atom is 0.0459 e. The molecule has 2 heterocycles. The van der Waals surface area contributed by atoms with Crippen LogP contribution in [0.4, 0.5) is 0 Å². The molecular weight excluding hydrogens is 248 g/mol. The minimum atomic E-state index is 0.255. The number of aromatic nitrogens is 1. The van der Waals surface area contributed by atoms with Gasteiger partial charge < -0.3 is 15.4 Å². The summed E-state index contributed by atoms with van der Waals surface area (Å²) in [5.41, 5.74) is 4.38. The molecule has 0 saturated carbocycles. The van der Waals surface area contributed by atoms with Gasteiger partial charge in [-0.2, -0.15) is 0 Å². The molecular formula is C17H22N2O. The van der Waals surface area contributed by atoms with Gasteiger partial charge in [0.2, 0.25) is 0 Å². The van der Waals surface area contributed by atoms with Gasteiger partial charge in [-0.3, -0.25) is 0 Å². The second-order valence-corrected chi connectivity index (χ2v) is 6.39. The lowest BCUT2D eigenvalue weighted by molar-refractivity contribution is 0.0726. The van der Waals surface area contributed by atoms with Gasteiger partial charge in [-0.05, 0) is 55.7 Å². The Kier molecular flexibility index (Phi) is 2.86. The molecule has 0 radical (unpaired) electrons. The molecule has 0 spiro atoms. The number of aryl methyl sites for hydroxylation is 1. The lowest BCUT2D eigenvalue weighted by atomic mass is 9.63. The number of hydrogen-bond acceptors (Lipinski definition) is 2. The molecule has 3 nitrogen and oxygen atoms in total. The Morgan fingerprint density at radius 3 is 3.05 bits per heavy atom. The third-order valence-corrected chi connectivity index (χ3v) is 5.41. The lowest BCUT2D eigenvalue weighted by Gasteiger charge is -2.48. The summed E-state index contributed by atoms with van der Waals surface area (Å²) in [6.45, 7) is 1.40. The van der Waals surface area contributed by atoms with E-state index in [-0.39, 0.29) is 5.41 Å². The SMILES string of the molecule is OCC[C@]12CCCN[C@@H]1c1c([nH]c3ccccc13)CC2. The van der Waals surface area contributed by atoms with Crippen LogP contribution in [-0.2, 0) is 6.42 Å². The van der Waals surface area contributed by atoms with Crippen LogP contribution in [0.3, 0.4) is 0 Å². The van der Waals surface area contributed by atoms with Gasteiger partial charge in [0.15, 0.2) is 0 Å². The normalized spacial score (nSPS) is 29.1. The zero-order valence-corrected chi connectivity index (χ0v) is 11.8. The first kappa shape index (κ1) is 12.4. The third kappa shape index (κ3) is 1.66. The Hall–Kier alpha value is -1.32. The molecule has 4 rings (SSSR count). The van der Waals surface area contributed by atoms with Crippen molar-refractivity contribution in [1.82, 2.24) is 10.3 Å². The van der Waals surface area contributed by atoms with Crippen LogP contribution in [-0.4, -0.2) is 23.2 Å². The molecule has 0 bridgehead atoms. The van der Waals surface area contributed by atoms with E-state index in [1.54, 1.807) is 0 Å². The van der Waals surface area contributed by atoms with Crippen LogP contribution in [0.25, 0.3) is 10.9 Å². The van der Waals surface area contributed by atoms with E-state index >= 15 is 0 Å². The molecule has 2 aliphatic rings. The quantitative estimate of drug-likeness (QED) is 0.786. The van der Waals surface area contributed by atoms with Crippen molar-refractivity contribution >= 4 is 10.9 Å². The number of benzene rings is 1. The van der Waals surface area contributed by atoms with Crippen LogP contribution >= 0.6 is 0 Å². The molecule has 1 aliphatic carbocycles. The molecule has 1 saturated heterocycles. The second-order valence-electron chi connectivity index (χ2n) is 6.39. The van der Waals surface area contributed by atoms with Crippen LogP contribution in [0.5, 0.6) is 0 Å². The predicted molar refractivity (Wildman–Crippen MR) is 80.7 cm³/mol. The van der Waals surface area contributed by atoms with E-state index in [0.29, 0.717) is 12.6 Å². The summed E-state index contributed by atoms with van der Waals surface area (Å²) in [6.07, 6.45) is 5.69. The first-order chi connectivity index (χ1) is 9.84. The maximum atomic E-state index is 9.53. The van der Waals surface area contributed by atoms with E-state index in [1.165, 1.54) is 41.4 Å². The van der Waals surface area contributed by atoms with Crippen LogP contribution in [0.2, 0.25) is 0 Å². The molecule has 2 aromatic rings. The topological polar surface area (TPSA) is 48.0 Å². The third-order valence-electron chi connectivity index (χ3n) is 5.41. The van der Waals surface area contributed by atoms with E-state index in [4.69, 9.17) is 0 Å². The van der Waals surface area contributed by atoms with Crippen molar-refractivity contribution in [2.45, 2.75) is 38.1 Å². The van der Waals surface area contributed by atoms with Crippen molar-refractivity contribution < 1.29 is 5.11 Å². The number of fused-ring (bicyclic) bond motifs is 5. The number of para-hydroxylation sites is 1. The highest BCUT2D eigenvalue weighted by molar-refractivity contribution is 5.85. The summed E-state index contributed by atoms with van der Waals surface area (Å²) in [4.78, 5) is 3.61. The summed E-state index contributed by atoms with van der Waals surface area (Å²) in [5.74, 6) is 0. The summed E-state index contributed by atoms with van der Waals surface area (Å²) in [7, 11) is 0. The second kappa shape index (κ2) is 4.61. The van der Waals surface area contributed by atoms with Crippen molar-refractivity contribution in [3.05, 3.63) is 35.5 Å². The average Bonchev–Trinajstić information content (AvgIpc) is 2.86. The minimum absolute atomic E-state index is 0.255. The van der Waals surface area contributed by atoms with Gasteiger partial charge in [-0.15, -0.1) is 0 Å². The zero-order valence-electron chi connectivity index (χ0n) is 11.8. The fourth-order valence-electron chi connectivity index (χ4n) is 4.46. The highest BCUT2D eigenvalue weighted by atomic mass is 16.3. The number of piperidine rings is 1. The van der Waals surface area contributed by atoms with Gasteiger partial charge in [0.1, 0.15) is 0 Å². The summed E-state index contributed by atoms with van der Waals surface area (Å²) in [6, 6.07) is 9.03. The molecule has 106 valence electrons. The Balaban J connectivity index is 1.88. The monoisotopic (exact) mass is 270 g/mol. The number of nitrogens with one attached hydrogen (secondary N) is 2. The first-order valence-corrected chi connectivity index (χ1v) is 7.78. The van der Waals surface area contributed by atoms with E-state index in [1.807, 2.05) is 0 Å². The van der Waals surface area contributed by atoms with Gasteiger partial charge in [0.05, 0.1) is 0 Å². The molecule has 1 aromatic heterocycles. The molecule has 2 atom stereocenters. The lowest BCUT2D eigenvalue weighted by Crippen LogP contribution is -2.46. The summed E-state index contributed by atoms with van der Waals surface area (Å²) < 4.78 is 0. The van der Waals surface area contributed by atoms with Crippen LogP contribution in [0.1, 0.15) is 43.0 Å². The first-order valence-electron chi connectivity index (χ1n) is 7.78. The van der Waals surface area contributed by atoms with Gasteiger partial charge in [-0.25, -0.2) is 0 Å². The zero-order chi connectivity index (χ0) is 13.6. The van der Waals surface area contributed by atoms with Crippen molar-refractivity contribution in [3.63, 3.8) is 0 Å². The van der Waals surface area contributed by atoms with Crippen molar-refractivity contribution in [1.29, 1.82) is 0 Å². The molecule has 0 unspecified atom stereocenters. The van der Waals surface area contributed by atoms with Gasteiger partial charge in [-0.1, -0.05) is 18.2 Å². The minimum Gasteiger partial charge on any atom is -0.396 e. The summed E-state index contributed by atoms with van der Waals surface area (Å²) >= 11 is 0. The Morgan fingerprint density at radius 2 is 2.15 bits per heavy atom. The largest absolute Gasteiger partial charge is 0.396 e. The molecule has 20 heavy (non-hydrogen) atoms. The smallest absolute Gasteiger partial charge is 0.0459 e. The van der Waals surface area contributed by atoms with Gasteiger partial charge >= 0.3 is 0 Å². The van der Waals surface area contributed by atoms with Crippen LogP contribution in [0.15, 0.2) is 24.3 Å². The van der Waals surface area contributed by atoms with E-state index < -0.39 is 0 Å². The van der Waals surface area contributed by atoms with Gasteiger partial charge in [0.25, 0.3) is 0 Å². The van der Waals surface area contributed by atoms with Crippen molar-refractivity contribution in [2.24, 2.45) is 5.41 Å². The summed E-state index contributed by atoms with van der Waals surface area (Å²) in [5, 5.41) is 14.6.